The zero-order valence-electron chi connectivity index (χ0n) is 12.0. The molecule has 1 fully saturated rings. The summed E-state index contributed by atoms with van der Waals surface area (Å²) >= 11 is 0. The van der Waals surface area contributed by atoms with Crippen molar-refractivity contribution in [2.75, 3.05) is 39.3 Å². The SMILES string of the molecule is Cn1cc(S(=O)(=O)NCCN2CCNCC2)cc1C(N)=O. The van der Waals surface area contributed by atoms with Crippen LogP contribution in [0, 0.1) is 0 Å². The summed E-state index contributed by atoms with van der Waals surface area (Å²) in [5, 5.41) is 3.24. The number of hydrogen-bond acceptors (Lipinski definition) is 5. The Kier molecular flexibility index (Phi) is 4.99. The molecule has 8 nitrogen and oxygen atoms in total. The highest BCUT2D eigenvalue weighted by Gasteiger charge is 2.19. The number of sulfonamides is 1. The molecule has 21 heavy (non-hydrogen) atoms. The normalized spacial score (nSPS) is 17.0. The Bertz CT molecular complexity index is 604. The van der Waals surface area contributed by atoms with Crippen molar-refractivity contribution in [3.8, 4) is 0 Å². The molecule has 9 heteroatoms. The highest BCUT2D eigenvalue weighted by atomic mass is 32.2. The Morgan fingerprint density at radius 3 is 2.67 bits per heavy atom. The Morgan fingerprint density at radius 1 is 1.43 bits per heavy atom. The molecule has 1 aromatic rings. The highest BCUT2D eigenvalue weighted by molar-refractivity contribution is 7.89. The fraction of sp³-hybridized carbons (Fsp3) is 0.583. The monoisotopic (exact) mass is 315 g/mol. The molecule has 0 aromatic carbocycles. The van der Waals surface area contributed by atoms with E-state index >= 15 is 0 Å². The number of nitrogens with zero attached hydrogens (tertiary/aromatic N) is 2. The van der Waals surface area contributed by atoms with Crippen LogP contribution in [0.15, 0.2) is 17.2 Å². The van der Waals surface area contributed by atoms with Gasteiger partial charge in [-0.3, -0.25) is 9.69 Å². The first kappa shape index (κ1) is 16.0. The number of carbonyl (C=O) groups excluding carboxylic acids is 1. The topological polar surface area (TPSA) is 109 Å². The molecule has 2 heterocycles. The molecule has 0 aliphatic carbocycles. The second kappa shape index (κ2) is 6.56. The van der Waals surface area contributed by atoms with E-state index in [-0.39, 0.29) is 10.6 Å². The van der Waals surface area contributed by atoms with Gasteiger partial charge in [0.2, 0.25) is 10.0 Å². The molecule has 0 atom stereocenters. The lowest BCUT2D eigenvalue weighted by molar-refractivity contribution is 0.0992. The van der Waals surface area contributed by atoms with Crippen molar-refractivity contribution < 1.29 is 13.2 Å². The number of hydrogen-bond donors (Lipinski definition) is 3. The van der Waals surface area contributed by atoms with Gasteiger partial charge in [-0.15, -0.1) is 0 Å². The lowest BCUT2D eigenvalue weighted by atomic mass is 10.3. The maximum atomic E-state index is 12.2. The molecule has 1 aliphatic heterocycles. The number of primary amides is 1. The van der Waals surface area contributed by atoms with Crippen LogP contribution in [0.5, 0.6) is 0 Å². The summed E-state index contributed by atoms with van der Waals surface area (Å²) in [5.74, 6) is -0.653. The van der Waals surface area contributed by atoms with Gasteiger partial charge >= 0.3 is 0 Å². The van der Waals surface area contributed by atoms with Crippen molar-refractivity contribution in [3.63, 3.8) is 0 Å². The Morgan fingerprint density at radius 2 is 2.10 bits per heavy atom. The van der Waals surface area contributed by atoms with Gasteiger partial charge in [0.15, 0.2) is 0 Å². The number of carbonyl (C=O) groups is 1. The average molecular weight is 315 g/mol. The van der Waals surface area contributed by atoms with E-state index in [4.69, 9.17) is 5.73 Å². The van der Waals surface area contributed by atoms with Crippen LogP contribution in [0.25, 0.3) is 0 Å². The Balaban J connectivity index is 1.95. The second-order valence-electron chi connectivity index (χ2n) is 5.03. The summed E-state index contributed by atoms with van der Waals surface area (Å²) < 4.78 is 28.3. The van der Waals surface area contributed by atoms with E-state index in [2.05, 4.69) is 14.9 Å². The van der Waals surface area contributed by atoms with Gasteiger partial charge in [-0.1, -0.05) is 0 Å². The molecule has 2 rings (SSSR count). The van der Waals surface area contributed by atoms with E-state index in [9.17, 15) is 13.2 Å². The lowest BCUT2D eigenvalue weighted by Crippen LogP contribution is -2.46. The van der Waals surface area contributed by atoms with E-state index < -0.39 is 15.9 Å². The third-order valence-corrected chi connectivity index (χ3v) is 4.90. The molecule has 1 aliphatic rings. The molecule has 1 amide bonds. The molecule has 0 bridgehead atoms. The van der Waals surface area contributed by atoms with Gasteiger partial charge in [0.05, 0.1) is 0 Å². The standard InChI is InChI=1S/C12H21N5O3S/c1-16-9-10(8-11(16)12(13)18)21(19,20)15-4-7-17-5-2-14-3-6-17/h8-9,14-15H,2-7H2,1H3,(H2,13,18). The Labute approximate surface area is 124 Å². The van der Waals surface area contributed by atoms with Gasteiger partial charge in [0, 0.05) is 52.5 Å². The van der Waals surface area contributed by atoms with E-state index in [1.54, 1.807) is 7.05 Å². The summed E-state index contributed by atoms with van der Waals surface area (Å²) in [7, 11) is -2.03. The van der Waals surface area contributed by atoms with Crippen LogP contribution in [0.4, 0.5) is 0 Å². The third kappa shape index (κ3) is 4.03. The van der Waals surface area contributed by atoms with Crippen molar-refractivity contribution in [2.45, 2.75) is 4.90 Å². The fourth-order valence-electron chi connectivity index (χ4n) is 2.28. The van der Waals surface area contributed by atoms with Gasteiger partial charge in [0.1, 0.15) is 10.6 Å². The number of rotatable bonds is 6. The molecule has 0 radical (unpaired) electrons. The number of nitrogens with one attached hydrogen (secondary N) is 2. The molecule has 4 N–H and O–H groups in total. The summed E-state index contributed by atoms with van der Waals surface area (Å²) in [5.41, 5.74) is 5.35. The lowest BCUT2D eigenvalue weighted by Gasteiger charge is -2.26. The van der Waals surface area contributed by atoms with E-state index in [0.29, 0.717) is 13.1 Å². The van der Waals surface area contributed by atoms with Gasteiger partial charge in [0.25, 0.3) is 5.91 Å². The van der Waals surface area contributed by atoms with Crippen LogP contribution in [-0.2, 0) is 17.1 Å². The van der Waals surface area contributed by atoms with Crippen LogP contribution in [0.2, 0.25) is 0 Å². The molecular weight excluding hydrogens is 294 g/mol. The molecule has 0 unspecified atom stereocenters. The number of aryl methyl sites for hydroxylation is 1. The second-order valence-corrected chi connectivity index (χ2v) is 6.79. The maximum Gasteiger partial charge on any atom is 0.265 e. The predicted molar refractivity (Wildman–Crippen MR) is 78.4 cm³/mol. The van der Waals surface area contributed by atoms with Crippen LogP contribution in [0.3, 0.4) is 0 Å². The minimum absolute atomic E-state index is 0.0547. The van der Waals surface area contributed by atoms with Crippen LogP contribution < -0.4 is 15.8 Å². The van der Waals surface area contributed by atoms with Crippen molar-refractivity contribution in [1.82, 2.24) is 19.5 Å². The number of piperazine rings is 1. The fourth-order valence-corrected chi connectivity index (χ4v) is 3.37. The zero-order valence-corrected chi connectivity index (χ0v) is 12.8. The largest absolute Gasteiger partial charge is 0.364 e. The molecule has 0 spiro atoms. The van der Waals surface area contributed by atoms with Gasteiger partial charge in [-0.05, 0) is 6.07 Å². The minimum atomic E-state index is -3.62. The predicted octanol–water partition coefficient (Wildman–Crippen LogP) is -1.69. The van der Waals surface area contributed by atoms with Crippen LogP contribution >= 0.6 is 0 Å². The van der Waals surface area contributed by atoms with Crippen LogP contribution in [0.1, 0.15) is 10.5 Å². The summed E-state index contributed by atoms with van der Waals surface area (Å²) in [4.78, 5) is 13.4. The van der Waals surface area contributed by atoms with E-state index in [1.165, 1.54) is 16.8 Å². The molecule has 0 saturated carbocycles. The van der Waals surface area contributed by atoms with Gasteiger partial charge in [-0.25, -0.2) is 13.1 Å². The zero-order chi connectivity index (χ0) is 15.5. The first-order valence-corrected chi connectivity index (χ1v) is 8.27. The van der Waals surface area contributed by atoms with Gasteiger partial charge in [-0.2, -0.15) is 0 Å². The third-order valence-electron chi connectivity index (χ3n) is 3.47. The number of nitrogens with two attached hydrogens (primary N) is 1. The summed E-state index contributed by atoms with van der Waals surface area (Å²) in [6.45, 7) is 4.68. The van der Waals surface area contributed by atoms with Crippen molar-refractivity contribution in [1.29, 1.82) is 0 Å². The van der Waals surface area contributed by atoms with E-state index in [0.717, 1.165) is 26.2 Å². The Hall–Kier alpha value is -1.42. The average Bonchev–Trinajstić information content (AvgIpc) is 2.83. The number of aromatic nitrogens is 1. The molecule has 1 saturated heterocycles. The van der Waals surface area contributed by atoms with Crippen LogP contribution in [-0.4, -0.2) is 63.1 Å². The first-order valence-electron chi connectivity index (χ1n) is 6.79. The summed E-state index contributed by atoms with van der Waals surface area (Å²) in [6.07, 6.45) is 1.38. The van der Waals surface area contributed by atoms with E-state index in [1.807, 2.05) is 0 Å². The maximum absolute atomic E-state index is 12.2. The summed E-state index contributed by atoms with van der Waals surface area (Å²) in [6, 6.07) is 1.29. The first-order chi connectivity index (χ1) is 9.90. The minimum Gasteiger partial charge on any atom is -0.364 e. The van der Waals surface area contributed by atoms with Crippen molar-refractivity contribution >= 4 is 15.9 Å². The number of amides is 1. The van der Waals surface area contributed by atoms with Crippen molar-refractivity contribution in [3.05, 3.63) is 18.0 Å². The quantitative estimate of drug-likeness (QED) is 0.580. The smallest absolute Gasteiger partial charge is 0.265 e. The van der Waals surface area contributed by atoms with Crippen molar-refractivity contribution in [2.24, 2.45) is 12.8 Å². The molecule has 118 valence electrons. The molecule has 1 aromatic heterocycles. The van der Waals surface area contributed by atoms with Gasteiger partial charge < -0.3 is 15.6 Å². The molecular formula is C12H21N5O3S. The highest BCUT2D eigenvalue weighted by Crippen LogP contribution is 2.12.